The van der Waals surface area contributed by atoms with Gasteiger partial charge in [-0.25, -0.2) is 0 Å². The first-order valence-corrected chi connectivity index (χ1v) is 6.33. The lowest BCUT2D eigenvalue weighted by Crippen LogP contribution is -2.23. The Morgan fingerprint density at radius 1 is 1.40 bits per heavy atom. The number of fused-ring (bicyclic) bond motifs is 1. The topological polar surface area (TPSA) is 16.1 Å². The van der Waals surface area contributed by atoms with Gasteiger partial charge in [0, 0.05) is 24.4 Å². The highest BCUT2D eigenvalue weighted by Gasteiger charge is 2.10. The highest BCUT2D eigenvalue weighted by Crippen LogP contribution is 2.30. The van der Waals surface area contributed by atoms with Crippen LogP contribution in [0, 0.1) is 0 Å². The number of aromatic nitrogens is 1. The molecule has 1 aromatic heterocycles. The van der Waals surface area contributed by atoms with Gasteiger partial charge in [0.2, 0.25) is 0 Å². The molecule has 0 radical (unpaired) electrons. The van der Waals surface area contributed by atoms with E-state index in [1.807, 2.05) is 12.1 Å². The lowest BCUT2D eigenvalue weighted by Gasteiger charge is -2.19. The van der Waals surface area contributed by atoms with Crippen molar-refractivity contribution in [3.05, 3.63) is 24.3 Å². The number of anilines is 1. The van der Waals surface area contributed by atoms with E-state index in [1.165, 1.54) is 10.4 Å². The zero-order chi connectivity index (χ0) is 10.7. The van der Waals surface area contributed by atoms with Crippen LogP contribution in [-0.2, 0) is 0 Å². The van der Waals surface area contributed by atoms with Gasteiger partial charge in [-0.15, -0.1) is 11.6 Å². The van der Waals surface area contributed by atoms with Gasteiger partial charge in [0.15, 0.2) is 0 Å². The molecule has 2 nitrogen and oxygen atoms in total. The molecule has 0 fully saturated rings. The maximum Gasteiger partial charge on any atom is 0.119 e. The van der Waals surface area contributed by atoms with Gasteiger partial charge in [0.1, 0.15) is 5.00 Å². The van der Waals surface area contributed by atoms with E-state index in [0.29, 0.717) is 5.88 Å². The molecule has 0 aliphatic rings. The minimum absolute atomic E-state index is 0.653. The molecule has 0 N–H and O–H groups in total. The summed E-state index contributed by atoms with van der Waals surface area (Å²) >= 11 is 7.34. The second-order valence-corrected chi connectivity index (χ2v) is 4.40. The molecular formula is C11H13ClN2S. The Morgan fingerprint density at radius 3 is 2.93 bits per heavy atom. The van der Waals surface area contributed by atoms with E-state index < -0.39 is 0 Å². The van der Waals surface area contributed by atoms with Crippen LogP contribution in [0.5, 0.6) is 0 Å². The highest BCUT2D eigenvalue weighted by molar-refractivity contribution is 7.11. The quantitative estimate of drug-likeness (QED) is 0.762. The monoisotopic (exact) mass is 240 g/mol. The molecule has 80 valence electrons. The Hall–Kier alpha value is -0.800. The van der Waals surface area contributed by atoms with E-state index >= 15 is 0 Å². The molecule has 0 atom stereocenters. The summed E-state index contributed by atoms with van der Waals surface area (Å²) in [4.78, 5) is 2.27. The summed E-state index contributed by atoms with van der Waals surface area (Å²) in [5.74, 6) is 0.653. The molecule has 1 heterocycles. The number of benzene rings is 1. The molecular weight excluding hydrogens is 228 g/mol. The van der Waals surface area contributed by atoms with Crippen molar-refractivity contribution >= 4 is 39.0 Å². The number of alkyl halides is 1. The predicted octanol–water partition coefficient (Wildman–Crippen LogP) is 3.36. The van der Waals surface area contributed by atoms with Gasteiger partial charge in [-0.1, -0.05) is 12.1 Å². The van der Waals surface area contributed by atoms with Crippen LogP contribution < -0.4 is 4.90 Å². The second-order valence-electron chi connectivity index (χ2n) is 3.27. The van der Waals surface area contributed by atoms with Crippen LogP contribution in [0.2, 0.25) is 0 Å². The molecule has 15 heavy (non-hydrogen) atoms. The minimum Gasteiger partial charge on any atom is -0.361 e. The number of hydrogen-bond acceptors (Lipinski definition) is 3. The maximum atomic E-state index is 5.79. The normalized spacial score (nSPS) is 10.8. The SMILES string of the molecule is CCN(CCCl)c1snc2ccccc12. The predicted molar refractivity (Wildman–Crippen MR) is 68.2 cm³/mol. The molecule has 0 saturated heterocycles. The fraction of sp³-hybridized carbons (Fsp3) is 0.364. The molecule has 0 unspecified atom stereocenters. The lowest BCUT2D eigenvalue weighted by atomic mass is 10.2. The van der Waals surface area contributed by atoms with Crippen LogP contribution in [0.25, 0.3) is 10.9 Å². The fourth-order valence-corrected chi connectivity index (χ4v) is 2.76. The first-order valence-electron chi connectivity index (χ1n) is 5.02. The molecule has 4 heteroatoms. The molecule has 2 aromatic rings. The van der Waals surface area contributed by atoms with Crippen molar-refractivity contribution in [1.29, 1.82) is 0 Å². The van der Waals surface area contributed by atoms with Crippen molar-refractivity contribution in [2.24, 2.45) is 0 Å². The molecule has 1 aromatic carbocycles. The lowest BCUT2D eigenvalue weighted by molar-refractivity contribution is 0.883. The average Bonchev–Trinajstić information content (AvgIpc) is 2.70. The summed E-state index contributed by atoms with van der Waals surface area (Å²) in [7, 11) is 0. The molecule has 0 aliphatic carbocycles. The Labute approximate surface area is 98.6 Å². The van der Waals surface area contributed by atoms with E-state index in [-0.39, 0.29) is 0 Å². The largest absolute Gasteiger partial charge is 0.361 e. The average molecular weight is 241 g/mol. The van der Waals surface area contributed by atoms with E-state index in [2.05, 4.69) is 28.3 Å². The Balaban J connectivity index is 2.41. The standard InChI is InChI=1S/C11H13ClN2S/c1-2-14(8-7-12)11-9-5-3-4-6-10(9)13-15-11/h3-6H,2,7-8H2,1H3. The van der Waals surface area contributed by atoms with Crippen LogP contribution in [0.15, 0.2) is 24.3 Å². The maximum absolute atomic E-state index is 5.79. The van der Waals surface area contributed by atoms with Gasteiger partial charge >= 0.3 is 0 Å². The van der Waals surface area contributed by atoms with E-state index in [9.17, 15) is 0 Å². The van der Waals surface area contributed by atoms with E-state index in [0.717, 1.165) is 18.6 Å². The third-order valence-corrected chi connectivity index (χ3v) is 3.50. The van der Waals surface area contributed by atoms with Gasteiger partial charge in [-0.05, 0) is 30.6 Å². The van der Waals surface area contributed by atoms with E-state index in [1.54, 1.807) is 11.5 Å². The number of hydrogen-bond donors (Lipinski definition) is 0. The number of halogens is 1. The van der Waals surface area contributed by atoms with Crippen molar-refractivity contribution in [2.45, 2.75) is 6.92 Å². The second kappa shape index (κ2) is 4.81. The van der Waals surface area contributed by atoms with Gasteiger partial charge in [0.05, 0.1) is 5.52 Å². The molecule has 0 bridgehead atoms. The molecule has 0 spiro atoms. The Morgan fingerprint density at radius 2 is 2.20 bits per heavy atom. The van der Waals surface area contributed by atoms with Crippen LogP contribution in [0.1, 0.15) is 6.92 Å². The highest BCUT2D eigenvalue weighted by atomic mass is 35.5. The summed E-state index contributed by atoms with van der Waals surface area (Å²) < 4.78 is 4.43. The summed E-state index contributed by atoms with van der Waals surface area (Å²) in [6, 6.07) is 8.23. The van der Waals surface area contributed by atoms with Crippen LogP contribution >= 0.6 is 23.1 Å². The van der Waals surface area contributed by atoms with Crippen LogP contribution in [-0.4, -0.2) is 23.3 Å². The first kappa shape index (κ1) is 10.7. The summed E-state index contributed by atoms with van der Waals surface area (Å²) in [6.07, 6.45) is 0. The van der Waals surface area contributed by atoms with Crippen LogP contribution in [0.4, 0.5) is 5.00 Å². The zero-order valence-corrected chi connectivity index (χ0v) is 10.2. The first-order chi connectivity index (χ1) is 7.36. The molecule has 2 rings (SSSR count). The summed E-state index contributed by atoms with van der Waals surface area (Å²) in [5, 5.41) is 2.46. The van der Waals surface area contributed by atoms with Crippen molar-refractivity contribution < 1.29 is 0 Å². The van der Waals surface area contributed by atoms with Gasteiger partial charge in [-0.3, -0.25) is 0 Å². The van der Waals surface area contributed by atoms with Gasteiger partial charge in [-0.2, -0.15) is 4.37 Å². The molecule has 0 amide bonds. The van der Waals surface area contributed by atoms with Crippen molar-refractivity contribution in [2.75, 3.05) is 23.9 Å². The molecule has 0 aliphatic heterocycles. The van der Waals surface area contributed by atoms with Crippen molar-refractivity contribution in [1.82, 2.24) is 4.37 Å². The number of rotatable bonds is 4. The number of nitrogens with zero attached hydrogens (tertiary/aromatic N) is 2. The fourth-order valence-electron chi connectivity index (χ4n) is 1.61. The minimum atomic E-state index is 0.653. The molecule has 0 saturated carbocycles. The summed E-state index contributed by atoms with van der Waals surface area (Å²) in [5.41, 5.74) is 1.07. The smallest absolute Gasteiger partial charge is 0.119 e. The third kappa shape index (κ3) is 2.08. The van der Waals surface area contributed by atoms with Crippen molar-refractivity contribution in [3.8, 4) is 0 Å². The summed E-state index contributed by atoms with van der Waals surface area (Å²) in [6.45, 7) is 3.99. The Bertz CT molecular complexity index is 441. The Kier molecular flexibility index (Phi) is 3.44. The van der Waals surface area contributed by atoms with E-state index in [4.69, 9.17) is 11.6 Å². The van der Waals surface area contributed by atoms with Gasteiger partial charge in [0.25, 0.3) is 0 Å². The van der Waals surface area contributed by atoms with Crippen molar-refractivity contribution in [3.63, 3.8) is 0 Å². The zero-order valence-electron chi connectivity index (χ0n) is 8.61. The van der Waals surface area contributed by atoms with Gasteiger partial charge < -0.3 is 4.90 Å². The third-order valence-electron chi connectivity index (χ3n) is 2.39. The van der Waals surface area contributed by atoms with Crippen LogP contribution in [0.3, 0.4) is 0 Å².